The van der Waals surface area contributed by atoms with Crippen LogP contribution in [0.3, 0.4) is 0 Å². The third-order valence-electron chi connectivity index (χ3n) is 3.12. The molecule has 1 aromatic carbocycles. The zero-order chi connectivity index (χ0) is 13.3. The van der Waals surface area contributed by atoms with Crippen LogP contribution in [0.2, 0.25) is 0 Å². The van der Waals surface area contributed by atoms with Crippen molar-refractivity contribution in [2.24, 2.45) is 5.73 Å². The summed E-state index contributed by atoms with van der Waals surface area (Å²) in [4.78, 5) is 13.4. The molecule has 0 radical (unpaired) electrons. The van der Waals surface area contributed by atoms with E-state index in [1.54, 1.807) is 20.0 Å². The van der Waals surface area contributed by atoms with Gasteiger partial charge in [-0.2, -0.15) is 0 Å². The number of carbonyl (C=O) groups is 1. The van der Waals surface area contributed by atoms with Crippen LogP contribution in [0.1, 0.15) is 19.8 Å². The van der Waals surface area contributed by atoms with Crippen LogP contribution in [-0.2, 0) is 4.79 Å². The molecule has 2 N–H and O–H groups in total. The summed E-state index contributed by atoms with van der Waals surface area (Å²) in [5.74, 6) is -0.460. The third-order valence-corrected chi connectivity index (χ3v) is 3.12. The minimum Gasteiger partial charge on any atom is -0.491 e. The van der Waals surface area contributed by atoms with Gasteiger partial charge in [-0.25, -0.2) is 4.39 Å². The number of amides is 1. The first-order valence-electron chi connectivity index (χ1n) is 5.97. The molecule has 1 fully saturated rings. The second kappa shape index (κ2) is 4.57. The molecule has 18 heavy (non-hydrogen) atoms. The highest BCUT2D eigenvalue weighted by atomic mass is 19.1. The molecule has 0 unspecified atom stereocenters. The minimum atomic E-state index is -0.746. The summed E-state index contributed by atoms with van der Waals surface area (Å²) in [6, 6.07) is 4.46. The van der Waals surface area contributed by atoms with E-state index in [-0.39, 0.29) is 11.7 Å². The van der Waals surface area contributed by atoms with E-state index in [9.17, 15) is 9.18 Å². The second-order valence-corrected chi connectivity index (χ2v) is 4.57. The minimum absolute atomic E-state index is 0.175. The maximum absolute atomic E-state index is 13.7. The number of rotatable bonds is 4. The molecule has 0 heterocycles. The Morgan fingerprint density at radius 3 is 2.72 bits per heavy atom. The lowest BCUT2D eigenvalue weighted by molar-refractivity contribution is -0.120. The molecule has 0 bridgehead atoms. The molecular weight excluding hydrogens is 235 g/mol. The van der Waals surface area contributed by atoms with E-state index in [0.717, 1.165) is 0 Å². The molecule has 1 saturated carbocycles. The van der Waals surface area contributed by atoms with Crippen molar-refractivity contribution in [3.63, 3.8) is 0 Å². The zero-order valence-electron chi connectivity index (χ0n) is 10.6. The van der Waals surface area contributed by atoms with E-state index in [2.05, 4.69) is 0 Å². The SMILES string of the molecule is CCOc1ccc(N(C)C(=O)C2(N)CC2)cc1F. The van der Waals surface area contributed by atoms with Gasteiger partial charge < -0.3 is 15.4 Å². The van der Waals surface area contributed by atoms with Crippen molar-refractivity contribution in [1.29, 1.82) is 0 Å². The smallest absolute Gasteiger partial charge is 0.246 e. The maximum Gasteiger partial charge on any atom is 0.246 e. The third kappa shape index (κ3) is 2.31. The Morgan fingerprint density at radius 2 is 2.22 bits per heavy atom. The van der Waals surface area contributed by atoms with Gasteiger partial charge in [-0.3, -0.25) is 4.79 Å². The number of nitrogens with two attached hydrogens (primary N) is 1. The van der Waals surface area contributed by atoms with Crippen LogP contribution < -0.4 is 15.4 Å². The number of benzene rings is 1. The number of carbonyl (C=O) groups excluding carboxylic acids is 1. The van der Waals surface area contributed by atoms with Gasteiger partial charge in [-0.05, 0) is 31.9 Å². The van der Waals surface area contributed by atoms with Crippen molar-refractivity contribution in [1.82, 2.24) is 0 Å². The Hall–Kier alpha value is -1.62. The Bertz CT molecular complexity index is 472. The van der Waals surface area contributed by atoms with Gasteiger partial charge in [-0.1, -0.05) is 0 Å². The van der Waals surface area contributed by atoms with Gasteiger partial charge in [0, 0.05) is 18.8 Å². The van der Waals surface area contributed by atoms with Gasteiger partial charge in [-0.15, -0.1) is 0 Å². The highest BCUT2D eigenvalue weighted by molar-refractivity contribution is 6.01. The van der Waals surface area contributed by atoms with Crippen LogP contribution in [0.5, 0.6) is 5.75 Å². The average Bonchev–Trinajstić information content (AvgIpc) is 3.09. The Morgan fingerprint density at radius 1 is 1.56 bits per heavy atom. The van der Waals surface area contributed by atoms with Crippen molar-refractivity contribution >= 4 is 11.6 Å². The summed E-state index contributed by atoms with van der Waals surface area (Å²) in [5.41, 5.74) is 5.57. The second-order valence-electron chi connectivity index (χ2n) is 4.57. The quantitative estimate of drug-likeness (QED) is 0.887. The molecule has 4 nitrogen and oxygen atoms in total. The van der Waals surface area contributed by atoms with Gasteiger partial charge in [0.1, 0.15) is 0 Å². The highest BCUT2D eigenvalue weighted by Crippen LogP contribution is 2.35. The average molecular weight is 252 g/mol. The molecule has 1 amide bonds. The van der Waals surface area contributed by atoms with Crippen molar-refractivity contribution in [2.75, 3.05) is 18.6 Å². The van der Waals surface area contributed by atoms with E-state index in [1.165, 1.54) is 17.0 Å². The van der Waals surface area contributed by atoms with Crippen LogP contribution in [0.25, 0.3) is 0 Å². The van der Waals surface area contributed by atoms with Crippen LogP contribution in [0, 0.1) is 5.82 Å². The fraction of sp³-hybridized carbons (Fsp3) is 0.462. The van der Waals surface area contributed by atoms with E-state index >= 15 is 0 Å². The maximum atomic E-state index is 13.7. The zero-order valence-corrected chi connectivity index (χ0v) is 10.6. The van der Waals surface area contributed by atoms with Crippen molar-refractivity contribution in [2.45, 2.75) is 25.3 Å². The predicted octanol–water partition coefficient (Wildman–Crippen LogP) is 1.68. The van der Waals surface area contributed by atoms with E-state index in [4.69, 9.17) is 10.5 Å². The van der Waals surface area contributed by atoms with E-state index < -0.39 is 11.4 Å². The fourth-order valence-electron chi connectivity index (χ4n) is 1.77. The Kier molecular flexibility index (Phi) is 3.26. The molecule has 0 aromatic heterocycles. The number of hydrogen-bond donors (Lipinski definition) is 1. The first-order chi connectivity index (χ1) is 8.48. The van der Waals surface area contributed by atoms with Crippen LogP contribution >= 0.6 is 0 Å². The molecule has 98 valence electrons. The number of nitrogens with zero attached hydrogens (tertiary/aromatic N) is 1. The molecule has 1 aromatic rings. The Balaban J connectivity index is 2.18. The largest absolute Gasteiger partial charge is 0.491 e. The molecule has 1 aliphatic carbocycles. The lowest BCUT2D eigenvalue weighted by Crippen LogP contribution is -2.43. The van der Waals surface area contributed by atoms with Crippen molar-refractivity contribution in [3.8, 4) is 5.75 Å². The standard InChI is InChI=1S/C13H17FN2O2/c1-3-18-11-5-4-9(8-10(11)14)16(2)12(17)13(15)6-7-13/h4-5,8H,3,6-7,15H2,1-2H3. The molecule has 1 aliphatic rings. The summed E-state index contributed by atoms with van der Waals surface area (Å²) >= 11 is 0. The molecule has 5 heteroatoms. The summed E-state index contributed by atoms with van der Waals surface area (Å²) in [5, 5.41) is 0. The summed E-state index contributed by atoms with van der Waals surface area (Å²) < 4.78 is 18.8. The van der Waals surface area contributed by atoms with Crippen LogP contribution in [0.4, 0.5) is 10.1 Å². The molecular formula is C13H17FN2O2. The topological polar surface area (TPSA) is 55.6 Å². The molecule has 2 rings (SSSR count). The molecule has 0 saturated heterocycles. The van der Waals surface area contributed by atoms with Gasteiger partial charge in [0.25, 0.3) is 0 Å². The summed E-state index contributed by atoms with van der Waals surface area (Å²) in [7, 11) is 1.60. The monoisotopic (exact) mass is 252 g/mol. The predicted molar refractivity (Wildman–Crippen MR) is 67.1 cm³/mol. The lowest BCUT2D eigenvalue weighted by atomic mass is 10.2. The molecule has 0 aliphatic heterocycles. The number of anilines is 1. The normalized spacial score (nSPS) is 16.2. The van der Waals surface area contributed by atoms with E-state index in [1.807, 2.05) is 0 Å². The first-order valence-corrected chi connectivity index (χ1v) is 5.97. The van der Waals surface area contributed by atoms with Crippen LogP contribution in [-0.4, -0.2) is 25.1 Å². The van der Waals surface area contributed by atoms with Gasteiger partial charge in [0.05, 0.1) is 12.1 Å². The lowest BCUT2D eigenvalue weighted by Gasteiger charge is -2.21. The summed E-state index contributed by atoms with van der Waals surface area (Å²) in [6.45, 7) is 2.19. The van der Waals surface area contributed by atoms with Gasteiger partial charge >= 0.3 is 0 Å². The van der Waals surface area contributed by atoms with Gasteiger partial charge in [0.2, 0.25) is 5.91 Å². The molecule has 0 atom stereocenters. The molecule has 0 spiro atoms. The summed E-state index contributed by atoms with van der Waals surface area (Å²) in [6.07, 6.45) is 1.38. The number of halogens is 1. The number of likely N-dealkylation sites (N-methyl/N-ethyl adjacent to an activating group) is 1. The van der Waals surface area contributed by atoms with E-state index in [0.29, 0.717) is 25.1 Å². The van der Waals surface area contributed by atoms with Crippen molar-refractivity contribution in [3.05, 3.63) is 24.0 Å². The Labute approximate surface area is 106 Å². The van der Waals surface area contributed by atoms with Crippen molar-refractivity contribution < 1.29 is 13.9 Å². The number of ether oxygens (including phenoxy) is 1. The number of hydrogen-bond acceptors (Lipinski definition) is 3. The fourth-order valence-corrected chi connectivity index (χ4v) is 1.77. The first kappa shape index (κ1) is 12.8. The van der Waals surface area contributed by atoms with Gasteiger partial charge in [0.15, 0.2) is 11.6 Å². The van der Waals surface area contributed by atoms with Crippen LogP contribution in [0.15, 0.2) is 18.2 Å². The highest BCUT2D eigenvalue weighted by Gasteiger charge is 2.47.